The van der Waals surface area contributed by atoms with E-state index in [0.717, 1.165) is 23.5 Å². The number of carbonyl (C=O) groups excluding carboxylic acids is 1. The average Bonchev–Trinajstić information content (AvgIpc) is 3.24. The fraction of sp³-hybridized carbons (Fsp3) is 0.400. The van der Waals surface area contributed by atoms with Gasteiger partial charge in [-0.2, -0.15) is 0 Å². The Balaban J connectivity index is 1.68. The highest BCUT2D eigenvalue weighted by Crippen LogP contribution is 2.49. The van der Waals surface area contributed by atoms with Gasteiger partial charge in [0, 0.05) is 12.5 Å². The molecule has 4 nitrogen and oxygen atoms in total. The molecule has 19 heavy (non-hydrogen) atoms. The molecule has 0 spiro atoms. The third-order valence-electron chi connectivity index (χ3n) is 3.54. The van der Waals surface area contributed by atoms with Crippen LogP contribution in [0.4, 0.5) is 0 Å². The number of rotatable bonds is 4. The second-order valence-corrected chi connectivity index (χ2v) is 4.89. The van der Waals surface area contributed by atoms with E-state index in [9.17, 15) is 4.79 Å². The van der Waals surface area contributed by atoms with Gasteiger partial charge in [-0.25, -0.2) is 0 Å². The first-order chi connectivity index (χ1) is 9.29. The van der Waals surface area contributed by atoms with Crippen molar-refractivity contribution in [2.24, 2.45) is 5.92 Å². The van der Waals surface area contributed by atoms with E-state index in [2.05, 4.69) is 11.9 Å². The van der Waals surface area contributed by atoms with E-state index in [1.54, 1.807) is 6.08 Å². The fourth-order valence-electron chi connectivity index (χ4n) is 2.45. The number of hydrogen-bond donors (Lipinski definition) is 1. The van der Waals surface area contributed by atoms with Crippen LogP contribution in [0.2, 0.25) is 0 Å². The van der Waals surface area contributed by atoms with Crippen LogP contribution in [0.15, 0.2) is 30.9 Å². The maximum absolute atomic E-state index is 11.8. The molecular weight excluding hydrogens is 242 g/mol. The van der Waals surface area contributed by atoms with E-state index in [-0.39, 0.29) is 11.8 Å². The van der Waals surface area contributed by atoms with Crippen LogP contribution in [-0.4, -0.2) is 25.7 Å². The van der Waals surface area contributed by atoms with E-state index in [1.165, 1.54) is 0 Å². The molecule has 1 N–H and O–H groups in total. The van der Waals surface area contributed by atoms with Crippen molar-refractivity contribution in [3.63, 3.8) is 0 Å². The van der Waals surface area contributed by atoms with Gasteiger partial charge in [0.05, 0.1) is 0 Å². The number of benzene rings is 1. The summed E-state index contributed by atoms with van der Waals surface area (Å²) in [6, 6.07) is 5.96. The van der Waals surface area contributed by atoms with Gasteiger partial charge in [-0.15, -0.1) is 6.58 Å². The smallest absolute Gasteiger partial charge is 0.223 e. The predicted molar refractivity (Wildman–Crippen MR) is 71.5 cm³/mol. The second-order valence-electron chi connectivity index (χ2n) is 4.89. The van der Waals surface area contributed by atoms with Crippen molar-refractivity contribution in [3.8, 4) is 11.5 Å². The zero-order valence-electron chi connectivity index (χ0n) is 10.7. The predicted octanol–water partition coefficient (Wildman–Crippen LogP) is 1.86. The van der Waals surface area contributed by atoms with Crippen LogP contribution in [-0.2, 0) is 4.79 Å². The first-order valence-electron chi connectivity index (χ1n) is 6.57. The van der Waals surface area contributed by atoms with Crippen LogP contribution in [0.3, 0.4) is 0 Å². The minimum atomic E-state index is 0.0857. The fourth-order valence-corrected chi connectivity index (χ4v) is 2.45. The molecular formula is C15H17NO3. The zero-order valence-corrected chi connectivity index (χ0v) is 10.7. The lowest BCUT2D eigenvalue weighted by atomic mass is 10.1. The van der Waals surface area contributed by atoms with Crippen LogP contribution < -0.4 is 14.8 Å². The van der Waals surface area contributed by atoms with E-state index in [1.807, 2.05) is 18.2 Å². The highest BCUT2D eigenvalue weighted by molar-refractivity contribution is 5.83. The number of carbonyl (C=O) groups is 1. The quantitative estimate of drug-likeness (QED) is 0.840. The van der Waals surface area contributed by atoms with Gasteiger partial charge in [-0.1, -0.05) is 12.1 Å². The third kappa shape index (κ3) is 2.43. The SMILES string of the molecule is C=CCNC(=O)[C@@H]1C[C@@H]1c1ccc2c(c1)OCCO2. The van der Waals surface area contributed by atoms with Gasteiger partial charge in [-0.05, 0) is 30.0 Å². The maximum Gasteiger partial charge on any atom is 0.223 e. The summed E-state index contributed by atoms with van der Waals surface area (Å²) in [5, 5.41) is 2.84. The van der Waals surface area contributed by atoms with Crippen molar-refractivity contribution < 1.29 is 14.3 Å². The van der Waals surface area contributed by atoms with Gasteiger partial charge in [0.15, 0.2) is 11.5 Å². The Morgan fingerprint density at radius 2 is 2.16 bits per heavy atom. The van der Waals surface area contributed by atoms with Crippen molar-refractivity contribution in [2.75, 3.05) is 19.8 Å². The summed E-state index contributed by atoms with van der Waals surface area (Å²) in [5.74, 6) is 2.09. The molecule has 1 aliphatic heterocycles. The summed E-state index contributed by atoms with van der Waals surface area (Å²) in [4.78, 5) is 11.8. The molecule has 1 amide bonds. The monoisotopic (exact) mass is 259 g/mol. The Kier molecular flexibility index (Phi) is 3.15. The van der Waals surface area contributed by atoms with Crippen LogP contribution in [0.5, 0.6) is 11.5 Å². The second kappa shape index (κ2) is 4.96. The highest BCUT2D eigenvalue weighted by atomic mass is 16.6. The molecule has 2 aliphatic rings. The summed E-state index contributed by atoms with van der Waals surface area (Å²) in [6.45, 7) is 5.31. The largest absolute Gasteiger partial charge is 0.486 e. The molecule has 1 fully saturated rings. The molecule has 0 aromatic heterocycles. The number of hydrogen-bond acceptors (Lipinski definition) is 3. The number of ether oxygens (including phenoxy) is 2. The molecule has 0 radical (unpaired) electrons. The van der Waals surface area contributed by atoms with E-state index in [4.69, 9.17) is 9.47 Å². The van der Waals surface area contributed by atoms with Gasteiger partial charge < -0.3 is 14.8 Å². The highest BCUT2D eigenvalue weighted by Gasteiger charge is 2.44. The first kappa shape index (κ1) is 12.1. The summed E-state index contributed by atoms with van der Waals surface area (Å²) in [7, 11) is 0. The minimum Gasteiger partial charge on any atom is -0.486 e. The van der Waals surface area contributed by atoms with Crippen molar-refractivity contribution in [2.45, 2.75) is 12.3 Å². The van der Waals surface area contributed by atoms with Gasteiger partial charge in [0.25, 0.3) is 0 Å². The van der Waals surface area contributed by atoms with Gasteiger partial charge in [-0.3, -0.25) is 4.79 Å². The lowest BCUT2D eigenvalue weighted by molar-refractivity contribution is -0.122. The van der Waals surface area contributed by atoms with Crippen molar-refractivity contribution in [3.05, 3.63) is 36.4 Å². The molecule has 2 atom stereocenters. The molecule has 1 saturated carbocycles. The standard InChI is InChI=1S/C15H17NO3/c1-2-5-16-15(17)12-9-11(12)10-3-4-13-14(8-10)19-7-6-18-13/h2-4,8,11-12H,1,5-7,9H2,(H,16,17)/t11-,12-/m1/s1. The molecule has 0 unspecified atom stereocenters. The molecule has 0 bridgehead atoms. The van der Waals surface area contributed by atoms with Gasteiger partial charge >= 0.3 is 0 Å². The lowest BCUT2D eigenvalue weighted by Crippen LogP contribution is -2.25. The Labute approximate surface area is 112 Å². The topological polar surface area (TPSA) is 47.6 Å². The van der Waals surface area contributed by atoms with E-state index in [0.29, 0.717) is 25.7 Å². The molecule has 100 valence electrons. The van der Waals surface area contributed by atoms with Crippen molar-refractivity contribution in [1.29, 1.82) is 0 Å². The van der Waals surface area contributed by atoms with Gasteiger partial charge in [0.2, 0.25) is 5.91 Å². The Morgan fingerprint density at radius 3 is 2.95 bits per heavy atom. The summed E-state index contributed by atoms with van der Waals surface area (Å²) in [5.41, 5.74) is 1.16. The third-order valence-corrected chi connectivity index (χ3v) is 3.54. The Morgan fingerprint density at radius 1 is 1.37 bits per heavy atom. The molecule has 3 rings (SSSR count). The van der Waals surface area contributed by atoms with Gasteiger partial charge in [0.1, 0.15) is 13.2 Å². The number of amides is 1. The number of fused-ring (bicyclic) bond motifs is 1. The summed E-state index contributed by atoms with van der Waals surface area (Å²) < 4.78 is 11.1. The first-order valence-corrected chi connectivity index (χ1v) is 6.57. The molecule has 1 aromatic rings. The lowest BCUT2D eigenvalue weighted by Gasteiger charge is -2.18. The normalized spacial score (nSPS) is 23.6. The molecule has 4 heteroatoms. The van der Waals surface area contributed by atoms with Crippen LogP contribution >= 0.6 is 0 Å². The van der Waals surface area contributed by atoms with Crippen LogP contribution in [0.25, 0.3) is 0 Å². The maximum atomic E-state index is 11.8. The summed E-state index contributed by atoms with van der Waals surface area (Å²) in [6.07, 6.45) is 2.60. The van der Waals surface area contributed by atoms with Crippen molar-refractivity contribution in [1.82, 2.24) is 5.32 Å². The van der Waals surface area contributed by atoms with Crippen LogP contribution in [0, 0.1) is 5.92 Å². The number of nitrogens with one attached hydrogen (secondary N) is 1. The average molecular weight is 259 g/mol. The summed E-state index contributed by atoms with van der Waals surface area (Å²) >= 11 is 0. The molecule has 1 aliphatic carbocycles. The Bertz CT molecular complexity index is 512. The van der Waals surface area contributed by atoms with E-state index >= 15 is 0 Å². The Hall–Kier alpha value is -1.97. The van der Waals surface area contributed by atoms with E-state index < -0.39 is 0 Å². The van der Waals surface area contributed by atoms with Crippen LogP contribution in [0.1, 0.15) is 17.9 Å². The van der Waals surface area contributed by atoms with Crippen molar-refractivity contribution >= 4 is 5.91 Å². The molecule has 1 aromatic carbocycles. The molecule has 0 saturated heterocycles. The minimum absolute atomic E-state index is 0.0857. The molecule has 1 heterocycles. The zero-order chi connectivity index (χ0) is 13.2.